The van der Waals surface area contributed by atoms with Crippen LogP contribution in [0.2, 0.25) is 5.02 Å². The zero-order chi connectivity index (χ0) is 24.5. The van der Waals surface area contributed by atoms with Crippen molar-refractivity contribution in [2.75, 3.05) is 32.1 Å². The van der Waals surface area contributed by atoms with E-state index >= 15 is 0 Å². The molecule has 0 saturated heterocycles. The molecule has 0 aliphatic heterocycles. The Hall–Kier alpha value is -3.52. The Morgan fingerprint density at radius 3 is 2.50 bits per heavy atom. The maximum absolute atomic E-state index is 12.4. The second kappa shape index (κ2) is 12.1. The third kappa shape index (κ3) is 6.74. The molecule has 1 aromatic heterocycles. The first-order valence-electron chi connectivity index (χ1n) is 11.0. The Balaban J connectivity index is 1.50. The fourth-order valence-electron chi connectivity index (χ4n) is 3.26. The summed E-state index contributed by atoms with van der Waals surface area (Å²) < 4.78 is 16.4. The summed E-state index contributed by atoms with van der Waals surface area (Å²) in [6.45, 7) is 4.96. The Bertz CT molecular complexity index is 1110. The van der Waals surface area contributed by atoms with Crippen molar-refractivity contribution in [1.29, 1.82) is 0 Å². The van der Waals surface area contributed by atoms with Crippen LogP contribution >= 0.6 is 11.6 Å². The summed E-state index contributed by atoms with van der Waals surface area (Å²) in [7, 11) is 1.61. The first-order valence-corrected chi connectivity index (χ1v) is 11.4. The van der Waals surface area contributed by atoms with E-state index in [1.54, 1.807) is 36.4 Å². The highest BCUT2D eigenvalue weighted by atomic mass is 35.5. The van der Waals surface area contributed by atoms with Crippen molar-refractivity contribution in [3.8, 4) is 22.8 Å². The number of halogens is 1. The molecule has 180 valence electrons. The molecule has 34 heavy (non-hydrogen) atoms. The second-order valence-electron chi connectivity index (χ2n) is 7.39. The lowest BCUT2D eigenvalue weighted by molar-refractivity contribution is -0.133. The number of amides is 2. The van der Waals surface area contributed by atoms with Crippen molar-refractivity contribution in [2.24, 2.45) is 0 Å². The fraction of sp³-hybridized carbons (Fsp3) is 0.320. The normalized spacial score (nSPS) is 10.6. The van der Waals surface area contributed by atoms with Crippen molar-refractivity contribution >= 4 is 29.1 Å². The van der Waals surface area contributed by atoms with E-state index in [0.29, 0.717) is 47.6 Å². The van der Waals surface area contributed by atoms with Gasteiger partial charge in [-0.25, -0.2) is 4.98 Å². The van der Waals surface area contributed by atoms with Crippen molar-refractivity contribution in [3.05, 3.63) is 59.6 Å². The van der Waals surface area contributed by atoms with E-state index in [1.807, 2.05) is 38.1 Å². The van der Waals surface area contributed by atoms with Gasteiger partial charge in [0.1, 0.15) is 11.5 Å². The zero-order valence-electron chi connectivity index (χ0n) is 19.5. The summed E-state index contributed by atoms with van der Waals surface area (Å²) >= 11 is 6.26. The highest BCUT2D eigenvalue weighted by Gasteiger charge is 2.13. The van der Waals surface area contributed by atoms with Crippen molar-refractivity contribution in [3.63, 3.8) is 0 Å². The number of oxazole rings is 1. The number of likely N-dealkylation sites (N-methyl/N-ethyl adjacent to an activating group) is 1. The van der Waals surface area contributed by atoms with Crippen LogP contribution in [0.15, 0.2) is 53.1 Å². The van der Waals surface area contributed by atoms with E-state index < -0.39 is 0 Å². The summed E-state index contributed by atoms with van der Waals surface area (Å²) in [4.78, 5) is 30.4. The summed E-state index contributed by atoms with van der Waals surface area (Å²) in [6, 6.07) is 12.3. The number of hydrogen-bond acceptors (Lipinski definition) is 6. The molecule has 3 rings (SSSR count). The van der Waals surface area contributed by atoms with Crippen LogP contribution in [0.5, 0.6) is 11.5 Å². The molecular formula is C25H28ClN3O5. The average Bonchev–Trinajstić information content (AvgIpc) is 3.32. The van der Waals surface area contributed by atoms with E-state index in [2.05, 4.69) is 10.3 Å². The van der Waals surface area contributed by atoms with Crippen LogP contribution in [0.3, 0.4) is 0 Å². The number of benzene rings is 2. The number of hydrogen-bond donors (Lipinski definition) is 1. The van der Waals surface area contributed by atoms with E-state index in [9.17, 15) is 9.59 Å². The molecule has 1 heterocycles. The number of methoxy groups -OCH3 is 1. The van der Waals surface area contributed by atoms with Crippen molar-refractivity contribution in [1.82, 2.24) is 9.88 Å². The molecule has 0 atom stereocenters. The highest BCUT2D eigenvalue weighted by Crippen LogP contribution is 2.28. The topological polar surface area (TPSA) is 93.9 Å². The van der Waals surface area contributed by atoms with Crippen LogP contribution in [-0.2, 0) is 16.0 Å². The minimum atomic E-state index is -0.203. The molecule has 0 spiro atoms. The summed E-state index contributed by atoms with van der Waals surface area (Å²) in [5, 5.41) is 3.10. The molecule has 2 aromatic carbocycles. The Labute approximate surface area is 203 Å². The largest absolute Gasteiger partial charge is 0.497 e. The van der Waals surface area contributed by atoms with Crippen molar-refractivity contribution < 1.29 is 23.5 Å². The Morgan fingerprint density at radius 2 is 1.85 bits per heavy atom. The van der Waals surface area contributed by atoms with Crippen LogP contribution in [-0.4, -0.2) is 48.5 Å². The van der Waals surface area contributed by atoms with Crippen LogP contribution < -0.4 is 14.8 Å². The molecular weight excluding hydrogens is 458 g/mol. The van der Waals surface area contributed by atoms with Gasteiger partial charge in [0.25, 0.3) is 5.91 Å². The number of nitrogens with zero attached hydrogens (tertiary/aromatic N) is 2. The van der Waals surface area contributed by atoms with Gasteiger partial charge in [-0.05, 0) is 56.3 Å². The molecule has 0 bridgehead atoms. The minimum Gasteiger partial charge on any atom is -0.497 e. The third-order valence-electron chi connectivity index (χ3n) is 5.18. The lowest BCUT2D eigenvalue weighted by atomic mass is 10.2. The lowest BCUT2D eigenvalue weighted by Crippen LogP contribution is -2.34. The maximum Gasteiger partial charge on any atom is 0.260 e. The number of carbonyl (C=O) groups is 2. The predicted molar refractivity (Wildman–Crippen MR) is 130 cm³/mol. The number of aryl methyl sites for hydroxylation is 1. The molecule has 1 N–H and O–H groups in total. The molecule has 9 heteroatoms. The molecule has 3 aromatic rings. The highest BCUT2D eigenvalue weighted by molar-refractivity contribution is 6.32. The van der Waals surface area contributed by atoms with Crippen LogP contribution in [0.1, 0.15) is 26.2 Å². The summed E-state index contributed by atoms with van der Waals surface area (Å²) in [5.41, 5.74) is 1.41. The van der Waals surface area contributed by atoms with Crippen LogP contribution in [0.4, 0.5) is 5.69 Å². The van der Waals surface area contributed by atoms with Crippen LogP contribution in [0.25, 0.3) is 11.3 Å². The van der Waals surface area contributed by atoms with Gasteiger partial charge < -0.3 is 24.1 Å². The van der Waals surface area contributed by atoms with Crippen LogP contribution in [0, 0.1) is 0 Å². The molecule has 8 nitrogen and oxygen atoms in total. The first kappa shape index (κ1) is 25.1. The van der Waals surface area contributed by atoms with Gasteiger partial charge in [0.2, 0.25) is 5.91 Å². The SMILES string of the molecule is CCN(CC)C(=O)COc1ccc(NC(=O)CCc2ncc(-c3ccc(OC)cc3)o2)cc1Cl. The average molecular weight is 486 g/mol. The Kier molecular flexibility index (Phi) is 8.93. The Morgan fingerprint density at radius 1 is 1.12 bits per heavy atom. The molecule has 2 amide bonds. The standard InChI is InChI=1S/C25H28ClN3O5/c1-4-29(5-2)25(31)16-33-21-11-8-18(14-20(21)26)28-23(30)12-13-24-27-15-22(34-24)17-6-9-19(32-3)10-7-17/h6-11,14-15H,4-5,12-13,16H2,1-3H3,(H,28,30). The van der Waals surface area contributed by atoms with Gasteiger partial charge in [-0.3, -0.25) is 9.59 Å². The number of aromatic nitrogens is 1. The number of carbonyl (C=O) groups excluding carboxylic acids is 2. The fourth-order valence-corrected chi connectivity index (χ4v) is 3.50. The molecule has 0 aliphatic rings. The van der Waals surface area contributed by atoms with E-state index in [0.717, 1.165) is 11.3 Å². The van der Waals surface area contributed by atoms with Crippen molar-refractivity contribution in [2.45, 2.75) is 26.7 Å². The molecule has 0 radical (unpaired) electrons. The quantitative estimate of drug-likeness (QED) is 0.418. The summed E-state index contributed by atoms with van der Waals surface area (Å²) in [5.74, 6) is 1.92. The molecule has 0 saturated carbocycles. The number of rotatable bonds is 11. The van der Waals surface area contributed by atoms with E-state index in [4.69, 9.17) is 25.5 Å². The summed E-state index contributed by atoms with van der Waals surface area (Å²) in [6.07, 6.45) is 2.18. The zero-order valence-corrected chi connectivity index (χ0v) is 20.2. The van der Waals surface area contributed by atoms with Gasteiger partial charge in [0, 0.05) is 37.2 Å². The van der Waals surface area contributed by atoms with Gasteiger partial charge in [-0.1, -0.05) is 11.6 Å². The van der Waals surface area contributed by atoms with Gasteiger partial charge in [-0.2, -0.15) is 0 Å². The van der Waals surface area contributed by atoms with Gasteiger partial charge >= 0.3 is 0 Å². The third-order valence-corrected chi connectivity index (χ3v) is 5.47. The molecule has 0 aliphatic carbocycles. The second-order valence-corrected chi connectivity index (χ2v) is 7.80. The first-order chi connectivity index (χ1) is 16.4. The molecule has 0 fully saturated rings. The monoisotopic (exact) mass is 485 g/mol. The van der Waals surface area contributed by atoms with Gasteiger partial charge in [0.05, 0.1) is 18.3 Å². The predicted octanol–water partition coefficient (Wildman–Crippen LogP) is 4.82. The van der Waals surface area contributed by atoms with Gasteiger partial charge in [-0.15, -0.1) is 0 Å². The minimum absolute atomic E-state index is 0.0955. The number of nitrogens with one attached hydrogen (secondary N) is 1. The number of ether oxygens (including phenoxy) is 2. The smallest absolute Gasteiger partial charge is 0.260 e. The molecule has 0 unspecified atom stereocenters. The van der Waals surface area contributed by atoms with E-state index in [-0.39, 0.29) is 24.8 Å². The van der Waals surface area contributed by atoms with E-state index in [1.165, 1.54) is 0 Å². The lowest BCUT2D eigenvalue weighted by Gasteiger charge is -2.19. The number of anilines is 1. The van der Waals surface area contributed by atoms with Gasteiger partial charge in [0.15, 0.2) is 18.3 Å². The maximum atomic E-state index is 12.4.